The molecular weight excluding hydrogens is 257 g/mol. The summed E-state index contributed by atoms with van der Waals surface area (Å²) in [5, 5.41) is -0.281. The maximum atomic E-state index is 12.2. The second-order valence-electron chi connectivity index (χ2n) is 3.18. The third-order valence-corrected chi connectivity index (χ3v) is 2.03. The highest BCUT2D eigenvalue weighted by Gasteiger charge is 2.29. The van der Waals surface area contributed by atoms with Crippen LogP contribution in [0.2, 0.25) is 0 Å². The first-order valence-electron chi connectivity index (χ1n) is 4.48. The van der Waals surface area contributed by atoms with Crippen LogP contribution >= 0.6 is 11.6 Å². The smallest absolute Gasteiger partial charge is 0.416 e. The van der Waals surface area contributed by atoms with Gasteiger partial charge in [0.2, 0.25) is 0 Å². The van der Waals surface area contributed by atoms with Crippen molar-refractivity contribution in [3.63, 3.8) is 0 Å². The van der Waals surface area contributed by atoms with Crippen LogP contribution in [0.25, 0.3) is 0 Å². The minimum Gasteiger partial charge on any atom is -0.457 e. The Morgan fingerprint density at radius 2 is 1.82 bits per heavy atom. The number of benzene rings is 1. The lowest BCUT2D eigenvalue weighted by atomic mass is 10.1. The van der Waals surface area contributed by atoms with Gasteiger partial charge in [0, 0.05) is 0 Å². The van der Waals surface area contributed by atoms with Gasteiger partial charge in [-0.05, 0) is 17.7 Å². The van der Waals surface area contributed by atoms with E-state index >= 15 is 0 Å². The van der Waals surface area contributed by atoms with Gasteiger partial charge in [0.1, 0.15) is 11.6 Å². The quantitative estimate of drug-likeness (QED) is 0.617. The van der Waals surface area contributed by atoms with Gasteiger partial charge in [-0.25, -0.2) is 4.79 Å². The number of esters is 1. The Morgan fingerprint density at radius 3 is 2.24 bits per heavy atom. The lowest BCUT2D eigenvalue weighted by molar-refractivity contribution is -0.140. The predicted octanol–water partition coefficient (Wildman–Crippen LogP) is 3.50. The molecule has 0 aliphatic heterocycles. The maximum absolute atomic E-state index is 12.2. The van der Waals surface area contributed by atoms with E-state index in [-0.39, 0.29) is 11.6 Å². The molecular formula is C11H8ClF3O2. The molecule has 0 atom stereocenters. The van der Waals surface area contributed by atoms with Gasteiger partial charge < -0.3 is 4.74 Å². The molecule has 0 heterocycles. The van der Waals surface area contributed by atoms with E-state index in [0.29, 0.717) is 5.56 Å². The molecule has 17 heavy (non-hydrogen) atoms. The Morgan fingerprint density at radius 1 is 1.29 bits per heavy atom. The summed E-state index contributed by atoms with van der Waals surface area (Å²) in [7, 11) is 0. The molecule has 92 valence electrons. The summed E-state index contributed by atoms with van der Waals surface area (Å²) in [5.74, 6) is -0.799. The largest absolute Gasteiger partial charge is 0.457 e. The summed E-state index contributed by atoms with van der Waals surface area (Å²) in [6, 6.07) is 4.29. The normalized spacial score (nSPS) is 11.1. The Balaban J connectivity index is 2.63. The van der Waals surface area contributed by atoms with Crippen molar-refractivity contribution in [2.45, 2.75) is 12.8 Å². The van der Waals surface area contributed by atoms with E-state index in [2.05, 4.69) is 11.3 Å². The Hall–Kier alpha value is -1.49. The summed E-state index contributed by atoms with van der Waals surface area (Å²) < 4.78 is 41.3. The number of alkyl halides is 3. The van der Waals surface area contributed by atoms with Gasteiger partial charge in [0.15, 0.2) is 0 Å². The highest BCUT2D eigenvalue weighted by Crippen LogP contribution is 2.29. The minimum absolute atomic E-state index is 0.150. The zero-order chi connectivity index (χ0) is 13.1. The molecule has 0 saturated carbocycles. The zero-order valence-corrected chi connectivity index (χ0v) is 9.31. The first kappa shape index (κ1) is 13.6. The second kappa shape index (κ2) is 5.23. The van der Waals surface area contributed by atoms with Gasteiger partial charge in [-0.2, -0.15) is 13.2 Å². The van der Waals surface area contributed by atoms with Crippen molar-refractivity contribution in [2.75, 3.05) is 0 Å². The summed E-state index contributed by atoms with van der Waals surface area (Å²) in [4.78, 5) is 10.9. The summed E-state index contributed by atoms with van der Waals surface area (Å²) in [5.41, 5.74) is -0.321. The second-order valence-corrected chi connectivity index (χ2v) is 3.63. The fourth-order valence-electron chi connectivity index (χ4n) is 1.02. The van der Waals surface area contributed by atoms with E-state index in [1.807, 2.05) is 0 Å². The van der Waals surface area contributed by atoms with E-state index in [4.69, 9.17) is 11.6 Å². The number of halogens is 4. The monoisotopic (exact) mass is 264 g/mol. The van der Waals surface area contributed by atoms with Crippen LogP contribution in [0, 0.1) is 0 Å². The molecule has 1 aromatic carbocycles. The molecule has 0 bridgehead atoms. The third kappa shape index (κ3) is 4.11. The van der Waals surface area contributed by atoms with Gasteiger partial charge in [-0.3, -0.25) is 0 Å². The van der Waals surface area contributed by atoms with Crippen LogP contribution < -0.4 is 0 Å². The fourth-order valence-corrected chi connectivity index (χ4v) is 1.07. The molecule has 0 fully saturated rings. The minimum atomic E-state index is -4.38. The summed E-state index contributed by atoms with van der Waals surface area (Å²) >= 11 is 5.26. The van der Waals surface area contributed by atoms with Gasteiger partial charge in [-0.1, -0.05) is 30.3 Å². The van der Waals surface area contributed by atoms with E-state index in [9.17, 15) is 18.0 Å². The average molecular weight is 265 g/mol. The summed E-state index contributed by atoms with van der Waals surface area (Å²) in [6.07, 6.45) is -4.38. The van der Waals surface area contributed by atoms with Gasteiger partial charge >= 0.3 is 12.1 Å². The molecule has 0 amide bonds. The molecule has 0 radical (unpaired) electrons. The molecule has 0 aliphatic rings. The van der Waals surface area contributed by atoms with E-state index < -0.39 is 17.7 Å². The van der Waals surface area contributed by atoms with Crippen molar-refractivity contribution in [3.05, 3.63) is 47.0 Å². The number of hydrogen-bond donors (Lipinski definition) is 0. The molecule has 2 nitrogen and oxygen atoms in total. The zero-order valence-electron chi connectivity index (χ0n) is 8.55. The molecule has 0 aliphatic carbocycles. The molecule has 0 N–H and O–H groups in total. The highest BCUT2D eigenvalue weighted by atomic mass is 35.5. The van der Waals surface area contributed by atoms with Crippen molar-refractivity contribution in [1.29, 1.82) is 0 Å². The van der Waals surface area contributed by atoms with Crippen LogP contribution in [0.5, 0.6) is 0 Å². The Labute approximate surface area is 101 Å². The molecule has 1 aromatic rings. The molecule has 0 saturated heterocycles. The SMILES string of the molecule is C=C(Cl)C(=O)OCc1ccc(C(F)(F)F)cc1. The number of ether oxygens (including phenoxy) is 1. The molecule has 0 aromatic heterocycles. The van der Waals surface area contributed by atoms with Crippen LogP contribution in [-0.2, 0) is 22.3 Å². The lowest BCUT2D eigenvalue weighted by Gasteiger charge is -2.07. The Kier molecular flexibility index (Phi) is 4.17. The molecule has 1 rings (SSSR count). The van der Waals surface area contributed by atoms with E-state index in [0.717, 1.165) is 12.1 Å². The lowest BCUT2D eigenvalue weighted by Crippen LogP contribution is -2.06. The topological polar surface area (TPSA) is 26.3 Å². The molecule has 0 spiro atoms. The van der Waals surface area contributed by atoms with Crippen LogP contribution in [0.1, 0.15) is 11.1 Å². The number of carbonyl (C=O) groups is 1. The van der Waals surface area contributed by atoms with Crippen LogP contribution in [0.15, 0.2) is 35.9 Å². The van der Waals surface area contributed by atoms with Crippen LogP contribution in [0.4, 0.5) is 13.2 Å². The van der Waals surface area contributed by atoms with Crippen molar-refractivity contribution in [2.24, 2.45) is 0 Å². The van der Waals surface area contributed by atoms with Crippen molar-refractivity contribution in [3.8, 4) is 0 Å². The van der Waals surface area contributed by atoms with E-state index in [1.165, 1.54) is 12.1 Å². The highest BCUT2D eigenvalue weighted by molar-refractivity contribution is 6.40. The number of carbonyl (C=O) groups excluding carboxylic acids is 1. The van der Waals surface area contributed by atoms with Crippen molar-refractivity contribution >= 4 is 17.6 Å². The van der Waals surface area contributed by atoms with Crippen LogP contribution in [0.3, 0.4) is 0 Å². The van der Waals surface area contributed by atoms with Gasteiger partial charge in [0.25, 0.3) is 0 Å². The van der Waals surface area contributed by atoms with Gasteiger partial charge in [0.05, 0.1) is 5.56 Å². The van der Waals surface area contributed by atoms with Crippen molar-refractivity contribution in [1.82, 2.24) is 0 Å². The first-order chi connectivity index (χ1) is 7.80. The van der Waals surface area contributed by atoms with Crippen molar-refractivity contribution < 1.29 is 22.7 Å². The van der Waals surface area contributed by atoms with Crippen LogP contribution in [-0.4, -0.2) is 5.97 Å². The first-order valence-corrected chi connectivity index (χ1v) is 4.86. The Bertz CT molecular complexity index is 423. The third-order valence-electron chi connectivity index (χ3n) is 1.87. The predicted molar refractivity (Wildman–Crippen MR) is 56.2 cm³/mol. The molecule has 0 unspecified atom stereocenters. The fraction of sp³-hybridized carbons (Fsp3) is 0.182. The van der Waals surface area contributed by atoms with Gasteiger partial charge in [-0.15, -0.1) is 0 Å². The average Bonchev–Trinajstić information content (AvgIpc) is 2.25. The number of rotatable bonds is 3. The molecule has 6 heteroatoms. The number of hydrogen-bond acceptors (Lipinski definition) is 2. The van der Waals surface area contributed by atoms with E-state index in [1.54, 1.807) is 0 Å². The maximum Gasteiger partial charge on any atom is 0.416 e. The summed E-state index contributed by atoms with van der Waals surface area (Å²) in [6.45, 7) is 3.01. The standard InChI is InChI=1S/C11H8ClF3O2/c1-7(12)10(16)17-6-8-2-4-9(5-3-8)11(13,14)15/h2-5H,1,6H2.